The first kappa shape index (κ1) is 15.9. The van der Waals surface area contributed by atoms with E-state index in [2.05, 4.69) is 61.5 Å². The van der Waals surface area contributed by atoms with Gasteiger partial charge in [0, 0.05) is 5.71 Å². The summed E-state index contributed by atoms with van der Waals surface area (Å²) >= 11 is 0. The molecule has 0 saturated heterocycles. The van der Waals surface area contributed by atoms with Gasteiger partial charge in [0.2, 0.25) is 0 Å². The highest BCUT2D eigenvalue weighted by atomic mass is 16.5. The van der Waals surface area contributed by atoms with Crippen molar-refractivity contribution in [3.8, 4) is 0 Å². The number of aliphatic imine (C=N–C) groups is 1. The van der Waals surface area contributed by atoms with Crippen LogP contribution in [0.1, 0.15) is 49.8 Å². The molecule has 1 unspecified atom stereocenters. The third-order valence-electron chi connectivity index (χ3n) is 4.46. The molecule has 0 aromatic heterocycles. The Morgan fingerprint density at radius 2 is 1.70 bits per heavy atom. The molecule has 23 heavy (non-hydrogen) atoms. The van der Waals surface area contributed by atoms with E-state index in [1.54, 1.807) is 0 Å². The van der Waals surface area contributed by atoms with E-state index in [-0.39, 0.29) is 12.1 Å². The molecule has 0 spiro atoms. The van der Waals surface area contributed by atoms with Crippen molar-refractivity contribution in [2.75, 3.05) is 0 Å². The predicted octanol–water partition coefficient (Wildman–Crippen LogP) is 5.35. The second kappa shape index (κ2) is 8.07. The highest BCUT2D eigenvalue weighted by Gasteiger charge is 2.22. The molecule has 3 rings (SSSR count). The topological polar surface area (TPSA) is 21.6 Å². The van der Waals surface area contributed by atoms with Crippen molar-refractivity contribution in [2.24, 2.45) is 4.99 Å². The fourth-order valence-electron chi connectivity index (χ4n) is 3.12. The highest BCUT2D eigenvalue weighted by Crippen LogP contribution is 2.24. The Hall–Kier alpha value is -1.93. The standard InChI is InChI=1S/C21H25NO/c1-17(19-12-6-3-7-13-19)22-20-14-8-9-15-21(20)23-16-18-10-4-2-5-11-18/h2-7,10-13,17,21H,8-9,14-16H2,1H3/t17-,21?/m1/s1. The number of nitrogens with zero attached hydrogens (tertiary/aromatic N) is 1. The van der Waals surface area contributed by atoms with Crippen LogP contribution in [0, 0.1) is 0 Å². The lowest BCUT2D eigenvalue weighted by molar-refractivity contribution is 0.0712. The van der Waals surface area contributed by atoms with Crippen LogP contribution in [-0.2, 0) is 11.3 Å². The smallest absolute Gasteiger partial charge is 0.0956 e. The number of ether oxygens (including phenoxy) is 1. The summed E-state index contributed by atoms with van der Waals surface area (Å²) in [5.74, 6) is 0. The second-order valence-corrected chi connectivity index (χ2v) is 6.24. The zero-order valence-electron chi connectivity index (χ0n) is 13.8. The maximum Gasteiger partial charge on any atom is 0.0956 e. The molecule has 1 aliphatic rings. The van der Waals surface area contributed by atoms with Crippen LogP contribution in [0.15, 0.2) is 65.7 Å². The zero-order chi connectivity index (χ0) is 15.9. The molecule has 120 valence electrons. The molecule has 2 heteroatoms. The van der Waals surface area contributed by atoms with E-state index in [1.165, 1.54) is 29.7 Å². The average molecular weight is 307 g/mol. The van der Waals surface area contributed by atoms with Crippen LogP contribution < -0.4 is 0 Å². The van der Waals surface area contributed by atoms with E-state index < -0.39 is 0 Å². The van der Waals surface area contributed by atoms with Crippen LogP contribution in [0.25, 0.3) is 0 Å². The molecule has 2 atom stereocenters. The fraction of sp³-hybridized carbons (Fsp3) is 0.381. The highest BCUT2D eigenvalue weighted by molar-refractivity contribution is 5.89. The Bertz CT molecular complexity index is 621. The van der Waals surface area contributed by atoms with E-state index in [1.807, 2.05) is 6.07 Å². The summed E-state index contributed by atoms with van der Waals surface area (Å²) in [4.78, 5) is 4.99. The minimum atomic E-state index is 0.176. The molecule has 0 aliphatic heterocycles. The van der Waals surface area contributed by atoms with Crippen LogP contribution >= 0.6 is 0 Å². The van der Waals surface area contributed by atoms with Gasteiger partial charge in [0.1, 0.15) is 0 Å². The molecule has 0 heterocycles. The van der Waals surface area contributed by atoms with Gasteiger partial charge in [-0.05, 0) is 37.3 Å². The number of hydrogen-bond acceptors (Lipinski definition) is 2. The Labute approximate surface area is 139 Å². The number of rotatable bonds is 5. The molecule has 2 aromatic carbocycles. The summed E-state index contributed by atoms with van der Waals surface area (Å²) in [6.45, 7) is 2.84. The van der Waals surface area contributed by atoms with Gasteiger partial charge in [0.05, 0.1) is 18.8 Å². The normalized spacial score (nSPS) is 21.3. The lowest BCUT2D eigenvalue weighted by Gasteiger charge is -2.26. The maximum absolute atomic E-state index is 6.19. The zero-order valence-corrected chi connectivity index (χ0v) is 13.8. The summed E-state index contributed by atoms with van der Waals surface area (Å²) in [5, 5.41) is 0. The summed E-state index contributed by atoms with van der Waals surface area (Å²) in [6.07, 6.45) is 4.79. The third kappa shape index (κ3) is 4.52. The van der Waals surface area contributed by atoms with Crippen molar-refractivity contribution in [1.29, 1.82) is 0 Å². The van der Waals surface area contributed by atoms with E-state index in [0.717, 1.165) is 12.8 Å². The molecular formula is C21H25NO. The lowest BCUT2D eigenvalue weighted by atomic mass is 9.94. The second-order valence-electron chi connectivity index (χ2n) is 6.24. The van der Waals surface area contributed by atoms with Gasteiger partial charge in [-0.1, -0.05) is 67.1 Å². The predicted molar refractivity (Wildman–Crippen MR) is 95.8 cm³/mol. The van der Waals surface area contributed by atoms with Gasteiger partial charge in [0.15, 0.2) is 0 Å². The van der Waals surface area contributed by atoms with Crippen LogP contribution in [0.2, 0.25) is 0 Å². The van der Waals surface area contributed by atoms with Crippen molar-refractivity contribution < 1.29 is 4.74 Å². The molecular weight excluding hydrogens is 282 g/mol. The molecule has 2 nitrogen and oxygen atoms in total. The van der Waals surface area contributed by atoms with Crippen molar-refractivity contribution in [2.45, 2.75) is 51.4 Å². The Kier molecular flexibility index (Phi) is 5.60. The fourth-order valence-corrected chi connectivity index (χ4v) is 3.12. The van der Waals surface area contributed by atoms with Gasteiger partial charge in [-0.2, -0.15) is 0 Å². The Morgan fingerprint density at radius 1 is 1.00 bits per heavy atom. The first-order valence-electron chi connectivity index (χ1n) is 8.60. The van der Waals surface area contributed by atoms with E-state index >= 15 is 0 Å². The van der Waals surface area contributed by atoms with Crippen molar-refractivity contribution in [3.05, 3.63) is 71.8 Å². The van der Waals surface area contributed by atoms with Crippen LogP contribution in [0.4, 0.5) is 0 Å². The molecule has 0 radical (unpaired) electrons. The van der Waals surface area contributed by atoms with Crippen molar-refractivity contribution >= 4 is 5.71 Å². The Balaban J connectivity index is 1.67. The minimum Gasteiger partial charge on any atom is -0.368 e. The molecule has 2 aromatic rings. The van der Waals surface area contributed by atoms with Crippen LogP contribution in [0.3, 0.4) is 0 Å². The molecule has 1 saturated carbocycles. The number of hydrogen-bond donors (Lipinski definition) is 0. The van der Waals surface area contributed by atoms with Gasteiger partial charge in [-0.3, -0.25) is 4.99 Å². The molecule has 1 fully saturated rings. The quantitative estimate of drug-likeness (QED) is 0.730. The van der Waals surface area contributed by atoms with Gasteiger partial charge in [0.25, 0.3) is 0 Å². The SMILES string of the molecule is C[C@@H](N=C1CCCCC1OCc1ccccc1)c1ccccc1. The van der Waals surface area contributed by atoms with Crippen molar-refractivity contribution in [3.63, 3.8) is 0 Å². The average Bonchev–Trinajstić information content (AvgIpc) is 2.62. The van der Waals surface area contributed by atoms with Gasteiger partial charge < -0.3 is 4.74 Å². The van der Waals surface area contributed by atoms with E-state index in [0.29, 0.717) is 6.61 Å². The van der Waals surface area contributed by atoms with Crippen LogP contribution in [0.5, 0.6) is 0 Å². The summed E-state index contributed by atoms with van der Waals surface area (Å²) in [6, 6.07) is 21.1. The maximum atomic E-state index is 6.19. The lowest BCUT2D eigenvalue weighted by Crippen LogP contribution is -2.28. The van der Waals surface area contributed by atoms with Gasteiger partial charge >= 0.3 is 0 Å². The van der Waals surface area contributed by atoms with Gasteiger partial charge in [-0.15, -0.1) is 0 Å². The van der Waals surface area contributed by atoms with Crippen molar-refractivity contribution in [1.82, 2.24) is 0 Å². The third-order valence-corrected chi connectivity index (χ3v) is 4.46. The largest absolute Gasteiger partial charge is 0.368 e. The van der Waals surface area contributed by atoms with E-state index in [4.69, 9.17) is 9.73 Å². The van der Waals surface area contributed by atoms with Gasteiger partial charge in [-0.25, -0.2) is 0 Å². The first-order valence-corrected chi connectivity index (χ1v) is 8.60. The van der Waals surface area contributed by atoms with E-state index in [9.17, 15) is 0 Å². The molecule has 0 amide bonds. The minimum absolute atomic E-state index is 0.176. The molecule has 1 aliphatic carbocycles. The molecule has 0 N–H and O–H groups in total. The van der Waals surface area contributed by atoms with Crippen LogP contribution in [-0.4, -0.2) is 11.8 Å². The first-order chi connectivity index (χ1) is 11.3. The Morgan fingerprint density at radius 3 is 2.43 bits per heavy atom. The number of benzene rings is 2. The molecule has 0 bridgehead atoms. The summed E-state index contributed by atoms with van der Waals surface area (Å²) in [5.41, 5.74) is 3.74. The monoisotopic (exact) mass is 307 g/mol. The summed E-state index contributed by atoms with van der Waals surface area (Å²) in [7, 11) is 0. The summed E-state index contributed by atoms with van der Waals surface area (Å²) < 4.78 is 6.19.